The van der Waals surface area contributed by atoms with Crippen molar-refractivity contribution in [3.8, 4) is 0 Å². The monoisotopic (exact) mass is 375 g/mol. The van der Waals surface area contributed by atoms with Crippen LogP contribution in [-0.4, -0.2) is 42.6 Å². The van der Waals surface area contributed by atoms with Crippen molar-refractivity contribution in [2.45, 2.75) is 23.1 Å². The van der Waals surface area contributed by atoms with E-state index in [1.165, 1.54) is 16.6 Å². The van der Waals surface area contributed by atoms with Crippen molar-refractivity contribution in [2.24, 2.45) is 0 Å². The number of hydrogen-bond donors (Lipinski definition) is 2. The third-order valence-corrected chi connectivity index (χ3v) is 6.27. The second kappa shape index (κ2) is 7.59. The first-order valence-corrected chi connectivity index (χ1v) is 9.81. The van der Waals surface area contributed by atoms with Crippen LogP contribution in [0.4, 0.5) is 5.69 Å². The van der Waals surface area contributed by atoms with Crippen LogP contribution in [0, 0.1) is 0 Å². The summed E-state index contributed by atoms with van der Waals surface area (Å²) in [5.41, 5.74) is 1.26. The first-order chi connectivity index (χ1) is 12.0. The molecule has 3 rings (SSSR count). The molecule has 132 valence electrons. The van der Waals surface area contributed by atoms with Gasteiger partial charge in [0.15, 0.2) is 0 Å². The number of nitrogens with one attached hydrogen (secondary N) is 2. The minimum absolute atomic E-state index is 0.0274. The molecule has 0 unspecified atom stereocenters. The lowest BCUT2D eigenvalue weighted by molar-refractivity contribution is -0.115. The summed E-state index contributed by atoms with van der Waals surface area (Å²) in [5, 5.41) is 7.79. The van der Waals surface area contributed by atoms with Crippen LogP contribution >= 0.6 is 23.1 Å². The molecule has 2 heterocycles. The van der Waals surface area contributed by atoms with Gasteiger partial charge in [-0.15, -0.1) is 23.1 Å². The molecule has 0 saturated carbocycles. The fraction of sp³-hybridized carbons (Fsp3) is 0.333. The first kappa shape index (κ1) is 18.0. The Bertz CT molecular complexity index is 775. The average molecular weight is 376 g/mol. The maximum absolute atomic E-state index is 12.5. The first-order valence-electron chi connectivity index (χ1n) is 8.05. The smallest absolute Gasteiger partial charge is 0.251 e. The molecule has 1 aliphatic rings. The van der Waals surface area contributed by atoms with Crippen LogP contribution in [0.2, 0.25) is 0 Å². The molecule has 0 radical (unpaired) electrons. The van der Waals surface area contributed by atoms with Gasteiger partial charge in [-0.3, -0.25) is 9.59 Å². The molecular weight excluding hydrogens is 354 g/mol. The van der Waals surface area contributed by atoms with E-state index in [9.17, 15) is 9.59 Å². The molecule has 2 aromatic rings. The van der Waals surface area contributed by atoms with Crippen LogP contribution in [0.3, 0.4) is 0 Å². The summed E-state index contributed by atoms with van der Waals surface area (Å²) in [5.74, 6) is -0.162. The van der Waals surface area contributed by atoms with Crippen molar-refractivity contribution in [1.82, 2.24) is 10.2 Å². The summed E-state index contributed by atoms with van der Waals surface area (Å²) in [6, 6.07) is 9.68. The Morgan fingerprint density at radius 2 is 2.16 bits per heavy atom. The third-order valence-electron chi connectivity index (χ3n) is 4.12. The molecule has 2 amide bonds. The van der Waals surface area contributed by atoms with Gasteiger partial charge < -0.3 is 15.5 Å². The molecule has 5 nitrogen and oxygen atoms in total. The highest BCUT2D eigenvalue weighted by atomic mass is 32.2. The summed E-state index contributed by atoms with van der Waals surface area (Å²) in [4.78, 5) is 28.7. The minimum atomic E-state index is -0.135. The fourth-order valence-corrected chi connectivity index (χ4v) is 4.51. The van der Waals surface area contributed by atoms with Gasteiger partial charge in [0.1, 0.15) is 0 Å². The van der Waals surface area contributed by atoms with Gasteiger partial charge >= 0.3 is 0 Å². The number of thioether (sulfide) groups is 1. The Labute approximate surface area is 155 Å². The second-order valence-corrected chi connectivity index (χ2v) is 8.53. The maximum atomic E-state index is 12.5. The summed E-state index contributed by atoms with van der Waals surface area (Å²) in [7, 11) is 4.01. The Kier molecular flexibility index (Phi) is 5.46. The second-order valence-electron chi connectivity index (χ2n) is 6.17. The maximum Gasteiger partial charge on any atom is 0.251 e. The van der Waals surface area contributed by atoms with Crippen molar-refractivity contribution < 1.29 is 9.59 Å². The summed E-state index contributed by atoms with van der Waals surface area (Å²) >= 11 is 3.19. The highest BCUT2D eigenvalue weighted by Crippen LogP contribution is 2.35. The lowest BCUT2D eigenvalue weighted by atomic mass is 10.1. The topological polar surface area (TPSA) is 61.4 Å². The van der Waals surface area contributed by atoms with Crippen molar-refractivity contribution in [3.63, 3.8) is 0 Å². The molecule has 1 aromatic heterocycles. The molecule has 2 atom stereocenters. The van der Waals surface area contributed by atoms with E-state index in [1.807, 2.05) is 38.5 Å². The molecule has 0 aliphatic carbocycles. The van der Waals surface area contributed by atoms with E-state index in [0.29, 0.717) is 17.8 Å². The molecule has 1 aliphatic heterocycles. The van der Waals surface area contributed by atoms with E-state index in [1.54, 1.807) is 23.5 Å². The van der Waals surface area contributed by atoms with E-state index in [2.05, 4.69) is 21.6 Å². The number of nitrogens with zero attached hydrogens (tertiary/aromatic N) is 1. The van der Waals surface area contributed by atoms with Crippen molar-refractivity contribution in [1.29, 1.82) is 0 Å². The van der Waals surface area contributed by atoms with Crippen molar-refractivity contribution in [2.75, 3.05) is 26.0 Å². The zero-order valence-electron chi connectivity index (χ0n) is 14.4. The van der Waals surface area contributed by atoms with Gasteiger partial charge in [-0.1, -0.05) is 6.07 Å². The number of thiophene rings is 1. The summed E-state index contributed by atoms with van der Waals surface area (Å²) < 4.78 is 0. The normalized spacial score (nSPS) is 17.8. The molecular formula is C18H21N3O2S2. The Morgan fingerprint density at radius 1 is 1.36 bits per heavy atom. The number of benzene rings is 1. The highest BCUT2D eigenvalue weighted by Gasteiger charge is 2.24. The number of anilines is 1. The Morgan fingerprint density at radius 3 is 2.84 bits per heavy atom. The van der Waals surface area contributed by atoms with Crippen LogP contribution in [0.1, 0.15) is 28.2 Å². The number of amides is 2. The molecule has 0 fully saturated rings. The van der Waals surface area contributed by atoms with Crippen molar-refractivity contribution >= 4 is 40.6 Å². The molecule has 0 bridgehead atoms. The fourth-order valence-electron chi connectivity index (χ4n) is 2.66. The lowest BCUT2D eigenvalue weighted by Gasteiger charge is -2.24. The largest absolute Gasteiger partial charge is 0.350 e. The van der Waals surface area contributed by atoms with Crippen LogP contribution in [0.15, 0.2) is 40.6 Å². The molecule has 0 spiro atoms. The molecule has 2 N–H and O–H groups in total. The lowest BCUT2D eigenvalue weighted by Crippen LogP contribution is -2.34. The Hall–Kier alpha value is -1.83. The number of carbonyl (C=O) groups excluding carboxylic acids is 2. The predicted molar refractivity (Wildman–Crippen MR) is 103 cm³/mol. The number of rotatable bonds is 5. The van der Waals surface area contributed by atoms with E-state index < -0.39 is 0 Å². The van der Waals surface area contributed by atoms with Gasteiger partial charge in [0.2, 0.25) is 5.91 Å². The number of carbonyl (C=O) groups is 2. The average Bonchev–Trinajstić information content (AvgIpc) is 3.09. The summed E-state index contributed by atoms with van der Waals surface area (Å²) in [6.45, 7) is 2.40. The van der Waals surface area contributed by atoms with Gasteiger partial charge in [0.25, 0.3) is 5.91 Å². The Balaban J connectivity index is 1.69. The SMILES string of the molecule is C[C@@H]1Sc2ccc(C(=O)NC[C@H](c3cccs3)N(C)C)cc2NC1=O. The number of hydrogen-bond acceptors (Lipinski definition) is 5. The van der Waals surface area contributed by atoms with Gasteiger partial charge in [-0.05, 0) is 50.7 Å². The standard InChI is InChI=1S/C18H21N3O2S2/c1-11-17(22)20-13-9-12(6-7-15(13)25-11)18(23)19-10-14(21(2)3)16-5-4-8-24-16/h4-9,11,14H,10H2,1-3H3,(H,19,23)(H,20,22)/t11-,14+/m0/s1. The quantitative estimate of drug-likeness (QED) is 0.842. The zero-order chi connectivity index (χ0) is 18.0. The van der Waals surface area contributed by atoms with Gasteiger partial charge in [0.05, 0.1) is 17.0 Å². The van der Waals surface area contributed by atoms with Crippen LogP contribution in [0.25, 0.3) is 0 Å². The molecule has 1 aromatic carbocycles. The number of fused-ring (bicyclic) bond motifs is 1. The van der Waals surface area contributed by atoms with Crippen LogP contribution < -0.4 is 10.6 Å². The van der Waals surface area contributed by atoms with Gasteiger partial charge in [-0.25, -0.2) is 0 Å². The van der Waals surface area contributed by atoms with Crippen LogP contribution in [0.5, 0.6) is 0 Å². The van der Waals surface area contributed by atoms with Crippen LogP contribution in [-0.2, 0) is 4.79 Å². The molecule has 25 heavy (non-hydrogen) atoms. The number of likely N-dealkylation sites (N-methyl/N-ethyl adjacent to an activating group) is 1. The predicted octanol–water partition coefficient (Wildman–Crippen LogP) is 3.21. The van der Waals surface area contributed by atoms with E-state index in [-0.39, 0.29) is 23.1 Å². The summed E-state index contributed by atoms with van der Waals surface area (Å²) in [6.07, 6.45) is 0. The van der Waals surface area contributed by atoms with E-state index in [0.717, 1.165) is 4.90 Å². The molecule has 7 heteroatoms. The van der Waals surface area contributed by atoms with Gasteiger partial charge in [-0.2, -0.15) is 0 Å². The minimum Gasteiger partial charge on any atom is -0.350 e. The highest BCUT2D eigenvalue weighted by molar-refractivity contribution is 8.00. The van der Waals surface area contributed by atoms with E-state index >= 15 is 0 Å². The van der Waals surface area contributed by atoms with E-state index in [4.69, 9.17) is 0 Å². The molecule has 0 saturated heterocycles. The zero-order valence-corrected chi connectivity index (χ0v) is 16.0. The van der Waals surface area contributed by atoms with Crippen molar-refractivity contribution in [3.05, 3.63) is 46.2 Å². The third kappa shape index (κ3) is 4.05. The van der Waals surface area contributed by atoms with Gasteiger partial charge in [0, 0.05) is 21.9 Å².